The highest BCUT2D eigenvalue weighted by atomic mass is 16.3. The molecule has 3 heterocycles. The Bertz CT molecular complexity index is 1580. The van der Waals surface area contributed by atoms with E-state index < -0.39 is 5.60 Å². The summed E-state index contributed by atoms with van der Waals surface area (Å²) in [6.07, 6.45) is 5.46. The number of benzene rings is 2. The van der Waals surface area contributed by atoms with Gasteiger partial charge in [0.25, 0.3) is 5.56 Å². The summed E-state index contributed by atoms with van der Waals surface area (Å²) < 4.78 is 3.43. The molecule has 0 saturated carbocycles. The largest absolute Gasteiger partial charge is 0.385 e. The van der Waals surface area contributed by atoms with Crippen molar-refractivity contribution in [1.29, 1.82) is 0 Å². The molecule has 2 aliphatic rings. The van der Waals surface area contributed by atoms with Crippen LogP contribution in [-0.4, -0.2) is 62.6 Å². The van der Waals surface area contributed by atoms with Gasteiger partial charge in [-0.15, -0.1) is 6.58 Å². The van der Waals surface area contributed by atoms with Crippen LogP contribution < -0.4 is 15.8 Å². The van der Waals surface area contributed by atoms with E-state index in [-0.39, 0.29) is 5.56 Å². The first-order valence-corrected chi connectivity index (χ1v) is 13.7. The Balaban J connectivity index is 1.36. The molecule has 1 fully saturated rings. The molecule has 202 valence electrons. The van der Waals surface area contributed by atoms with Crippen LogP contribution in [0.4, 0.5) is 17.3 Å². The molecule has 39 heavy (non-hydrogen) atoms. The van der Waals surface area contributed by atoms with Crippen molar-refractivity contribution in [3.8, 4) is 5.69 Å². The number of nitrogens with one attached hydrogen (secondary N) is 1. The third-order valence-electron chi connectivity index (χ3n) is 8.20. The summed E-state index contributed by atoms with van der Waals surface area (Å²) in [5.41, 5.74) is 4.39. The van der Waals surface area contributed by atoms with E-state index in [1.165, 1.54) is 5.69 Å². The van der Waals surface area contributed by atoms with Crippen molar-refractivity contribution in [1.82, 2.24) is 24.2 Å². The van der Waals surface area contributed by atoms with E-state index in [4.69, 9.17) is 4.98 Å². The van der Waals surface area contributed by atoms with E-state index in [1.54, 1.807) is 17.0 Å². The number of rotatable bonds is 7. The average molecular weight is 526 g/mol. The number of piperazine rings is 1. The molecule has 0 amide bonds. The van der Waals surface area contributed by atoms with Gasteiger partial charge in [-0.25, -0.2) is 14.3 Å². The van der Waals surface area contributed by atoms with Gasteiger partial charge in [0.1, 0.15) is 5.39 Å². The Morgan fingerprint density at radius 2 is 1.85 bits per heavy atom. The maximum atomic E-state index is 13.3. The Morgan fingerprint density at radius 1 is 1.10 bits per heavy atom. The van der Waals surface area contributed by atoms with Crippen LogP contribution in [0.25, 0.3) is 16.7 Å². The van der Waals surface area contributed by atoms with Crippen molar-refractivity contribution < 1.29 is 5.11 Å². The lowest BCUT2D eigenvalue weighted by molar-refractivity contribution is 0.0345. The number of nitrogens with zero attached hydrogens (tertiary/aromatic N) is 6. The van der Waals surface area contributed by atoms with E-state index in [2.05, 4.69) is 51.9 Å². The third-order valence-corrected chi connectivity index (χ3v) is 8.20. The van der Waals surface area contributed by atoms with Gasteiger partial charge < -0.3 is 20.2 Å². The van der Waals surface area contributed by atoms with Crippen LogP contribution in [0, 0.1) is 0 Å². The number of hydrogen-bond acceptors (Lipinski definition) is 7. The van der Waals surface area contributed by atoms with Crippen LogP contribution in [0.1, 0.15) is 30.9 Å². The zero-order valence-corrected chi connectivity index (χ0v) is 22.6. The normalized spacial score (nSPS) is 19.4. The minimum Gasteiger partial charge on any atom is -0.385 e. The Morgan fingerprint density at radius 3 is 2.56 bits per heavy atom. The quantitative estimate of drug-likeness (QED) is 0.355. The van der Waals surface area contributed by atoms with E-state index in [0.29, 0.717) is 36.4 Å². The number of aryl methyl sites for hydroxylation is 1. The molecule has 1 aliphatic heterocycles. The van der Waals surface area contributed by atoms with Crippen LogP contribution in [-0.2, 0) is 18.6 Å². The third kappa shape index (κ3) is 4.51. The van der Waals surface area contributed by atoms with Crippen molar-refractivity contribution in [3.05, 3.63) is 82.8 Å². The second kappa shape index (κ2) is 9.98. The van der Waals surface area contributed by atoms with E-state index in [1.807, 2.05) is 35.9 Å². The van der Waals surface area contributed by atoms with Gasteiger partial charge in [-0.1, -0.05) is 19.1 Å². The van der Waals surface area contributed by atoms with Gasteiger partial charge in [0.05, 0.1) is 17.8 Å². The van der Waals surface area contributed by atoms with Gasteiger partial charge >= 0.3 is 0 Å². The maximum Gasteiger partial charge on any atom is 0.278 e. The van der Waals surface area contributed by atoms with Gasteiger partial charge in [-0.05, 0) is 73.8 Å². The summed E-state index contributed by atoms with van der Waals surface area (Å²) in [4.78, 5) is 27.3. The number of allylic oxidation sites excluding steroid dienone is 1. The molecule has 0 bridgehead atoms. The van der Waals surface area contributed by atoms with Crippen molar-refractivity contribution in [3.63, 3.8) is 0 Å². The summed E-state index contributed by atoms with van der Waals surface area (Å²) in [5, 5.41) is 14.9. The minimum absolute atomic E-state index is 0.181. The first-order chi connectivity index (χ1) is 18.9. The molecule has 1 aliphatic carbocycles. The summed E-state index contributed by atoms with van der Waals surface area (Å²) in [5.74, 6) is 0.408. The van der Waals surface area contributed by atoms with E-state index >= 15 is 0 Å². The lowest BCUT2D eigenvalue weighted by Gasteiger charge is -2.34. The summed E-state index contributed by atoms with van der Waals surface area (Å²) in [7, 11) is 2.15. The Labute approximate surface area is 228 Å². The highest BCUT2D eigenvalue weighted by molar-refractivity contribution is 5.77. The summed E-state index contributed by atoms with van der Waals surface area (Å²) >= 11 is 0. The van der Waals surface area contributed by atoms with E-state index in [9.17, 15) is 9.90 Å². The molecule has 2 aromatic heterocycles. The molecule has 9 nitrogen and oxygen atoms in total. The van der Waals surface area contributed by atoms with Crippen molar-refractivity contribution in [2.24, 2.45) is 0 Å². The van der Waals surface area contributed by atoms with Gasteiger partial charge in [-0.3, -0.25) is 4.79 Å². The molecule has 6 rings (SSSR count). The van der Waals surface area contributed by atoms with Crippen LogP contribution in [0.5, 0.6) is 0 Å². The SMILES string of the molecule is C=CCn1c(=O)c2cnc(Nc3ccc(N4CCN(C)CC4)cc3)nc2n1-c1ccc2c(c1)[C@@](O)(CC)CC2. The van der Waals surface area contributed by atoms with Gasteiger partial charge in [0.2, 0.25) is 5.95 Å². The summed E-state index contributed by atoms with van der Waals surface area (Å²) in [6.45, 7) is 10.3. The van der Waals surface area contributed by atoms with Crippen LogP contribution in [0.15, 0.2) is 66.1 Å². The maximum absolute atomic E-state index is 13.3. The van der Waals surface area contributed by atoms with Crippen LogP contribution in [0.3, 0.4) is 0 Å². The van der Waals surface area contributed by atoms with Gasteiger partial charge in [0, 0.05) is 43.8 Å². The number of aliphatic hydroxyl groups is 1. The standard InChI is InChI=1S/C30H35N7O2/c1-4-14-36-28(38)25-20-31-29(32-22-7-10-23(11-8-22)35-17-15-34(3)16-18-35)33-27(25)37(36)24-9-6-21-12-13-30(39,5-2)26(21)19-24/h4,6-11,19-20,39H,1,5,12-18H2,2-3H3,(H,31,32,33)/t30-/m1/s1. The average Bonchev–Trinajstić information content (AvgIpc) is 3.43. The van der Waals surface area contributed by atoms with Gasteiger partial charge in [0.15, 0.2) is 5.65 Å². The topological polar surface area (TPSA) is 91.5 Å². The fourth-order valence-corrected chi connectivity index (χ4v) is 5.78. The first-order valence-electron chi connectivity index (χ1n) is 13.7. The zero-order chi connectivity index (χ0) is 27.1. The molecule has 1 atom stereocenters. The highest BCUT2D eigenvalue weighted by Crippen LogP contribution is 2.40. The Hall–Kier alpha value is -3.95. The number of anilines is 3. The second-order valence-corrected chi connectivity index (χ2v) is 10.6. The molecule has 4 aromatic rings. The smallest absolute Gasteiger partial charge is 0.278 e. The molecule has 2 aromatic carbocycles. The molecule has 2 N–H and O–H groups in total. The summed E-state index contributed by atoms with van der Waals surface area (Å²) in [6, 6.07) is 14.3. The highest BCUT2D eigenvalue weighted by Gasteiger charge is 2.35. The van der Waals surface area contributed by atoms with Crippen LogP contribution >= 0.6 is 0 Å². The second-order valence-electron chi connectivity index (χ2n) is 10.6. The molecular formula is C30H35N7O2. The molecule has 1 saturated heterocycles. The molecular weight excluding hydrogens is 490 g/mol. The lowest BCUT2D eigenvalue weighted by atomic mass is 9.93. The number of likely N-dealkylation sites (N-methyl/N-ethyl adjacent to an activating group) is 1. The number of aromatic nitrogens is 4. The monoisotopic (exact) mass is 525 g/mol. The number of hydrogen-bond donors (Lipinski definition) is 2. The van der Waals surface area contributed by atoms with Crippen molar-refractivity contribution in [2.75, 3.05) is 43.4 Å². The van der Waals surface area contributed by atoms with Crippen molar-refractivity contribution in [2.45, 2.75) is 38.3 Å². The molecule has 9 heteroatoms. The molecule has 0 unspecified atom stereocenters. The van der Waals surface area contributed by atoms with Gasteiger partial charge in [-0.2, -0.15) is 4.98 Å². The van der Waals surface area contributed by atoms with E-state index in [0.717, 1.165) is 55.1 Å². The Kier molecular flexibility index (Phi) is 6.48. The molecule has 0 radical (unpaired) electrons. The van der Waals surface area contributed by atoms with Crippen LogP contribution in [0.2, 0.25) is 0 Å². The predicted molar refractivity (Wildman–Crippen MR) is 155 cm³/mol. The predicted octanol–water partition coefficient (Wildman–Crippen LogP) is 3.81. The lowest BCUT2D eigenvalue weighted by Crippen LogP contribution is -2.44. The van der Waals surface area contributed by atoms with Crippen molar-refractivity contribution >= 4 is 28.4 Å². The zero-order valence-electron chi connectivity index (χ0n) is 22.6. The minimum atomic E-state index is -0.851. The first kappa shape index (κ1) is 25.3. The fourth-order valence-electron chi connectivity index (χ4n) is 5.78. The fraction of sp³-hybridized carbons (Fsp3) is 0.367. The molecule has 0 spiro atoms. The number of fused-ring (bicyclic) bond motifs is 2.